The van der Waals surface area contributed by atoms with Crippen LogP contribution in [0.3, 0.4) is 0 Å². The first kappa shape index (κ1) is 26.6. The van der Waals surface area contributed by atoms with Crippen LogP contribution in [0.2, 0.25) is 5.02 Å². The number of amides is 1. The summed E-state index contributed by atoms with van der Waals surface area (Å²) in [6.45, 7) is 2.87. The van der Waals surface area contributed by atoms with Crippen LogP contribution >= 0.6 is 11.6 Å². The van der Waals surface area contributed by atoms with Gasteiger partial charge in [-0.25, -0.2) is 0 Å². The molecule has 11 heteroatoms. The molecule has 0 fully saturated rings. The van der Waals surface area contributed by atoms with Gasteiger partial charge in [-0.2, -0.15) is 13.2 Å². The number of carbonyl (C=O) groups is 1. The molecule has 0 bridgehead atoms. The van der Waals surface area contributed by atoms with Crippen LogP contribution < -0.4 is 9.47 Å². The van der Waals surface area contributed by atoms with Crippen LogP contribution in [0.25, 0.3) is 0 Å². The molecule has 180 valence electrons. The van der Waals surface area contributed by atoms with Gasteiger partial charge in [0, 0.05) is 11.6 Å². The molecule has 7 nitrogen and oxygen atoms in total. The zero-order chi connectivity index (χ0) is 24.6. The van der Waals surface area contributed by atoms with E-state index >= 15 is 0 Å². The lowest BCUT2D eigenvalue weighted by molar-refractivity contribution is -0.137. The molecule has 0 saturated heterocycles. The number of benzene rings is 2. The van der Waals surface area contributed by atoms with Crippen LogP contribution in [0, 0.1) is 4.91 Å². The van der Waals surface area contributed by atoms with E-state index in [0.29, 0.717) is 11.3 Å². The van der Waals surface area contributed by atoms with E-state index in [2.05, 4.69) is 5.18 Å². The summed E-state index contributed by atoms with van der Waals surface area (Å²) in [5.41, 5.74) is -0.288. The van der Waals surface area contributed by atoms with Crippen molar-refractivity contribution >= 4 is 17.5 Å². The molecule has 2 aromatic rings. The Morgan fingerprint density at radius 2 is 1.82 bits per heavy atom. The summed E-state index contributed by atoms with van der Waals surface area (Å²) in [5, 5.41) is 12.5. The van der Waals surface area contributed by atoms with E-state index < -0.39 is 29.9 Å². The van der Waals surface area contributed by atoms with Crippen LogP contribution in [0.1, 0.15) is 25.0 Å². The van der Waals surface area contributed by atoms with Gasteiger partial charge in [0.1, 0.15) is 36.9 Å². The smallest absolute Gasteiger partial charge is 0.416 e. The minimum absolute atomic E-state index is 0.0265. The number of aliphatic hydroxyl groups excluding tert-OH is 1. The van der Waals surface area contributed by atoms with Gasteiger partial charge in [-0.05, 0) is 49.7 Å². The maximum absolute atomic E-state index is 12.8. The van der Waals surface area contributed by atoms with Crippen molar-refractivity contribution < 1.29 is 37.3 Å². The molecule has 0 radical (unpaired) electrons. The Morgan fingerprint density at radius 3 is 2.45 bits per heavy atom. The highest BCUT2D eigenvalue weighted by Gasteiger charge is 2.31. The van der Waals surface area contributed by atoms with E-state index in [1.54, 1.807) is 38.1 Å². The minimum Gasteiger partial charge on any atom is -0.491 e. The normalized spacial score (nSPS) is 13.5. The number of alkyl halides is 3. The summed E-state index contributed by atoms with van der Waals surface area (Å²) >= 11 is 5.86. The molecule has 2 rings (SSSR count). The molecule has 33 heavy (non-hydrogen) atoms. The molecule has 0 aliphatic carbocycles. The first-order valence-electron chi connectivity index (χ1n) is 9.91. The summed E-state index contributed by atoms with van der Waals surface area (Å²) in [6, 6.07) is 9.22. The SMILES string of the molecule is CC(C)OC(Cc1cccc(OCC(O)COc2cc(C(F)(F)F)ccc2Cl)c1)C(=O)N=O. The molecule has 2 unspecified atom stereocenters. The summed E-state index contributed by atoms with van der Waals surface area (Å²) in [4.78, 5) is 22.3. The van der Waals surface area contributed by atoms with Crippen LogP contribution in [-0.4, -0.2) is 42.5 Å². The van der Waals surface area contributed by atoms with Gasteiger partial charge >= 0.3 is 12.1 Å². The zero-order valence-corrected chi connectivity index (χ0v) is 18.6. The van der Waals surface area contributed by atoms with E-state index in [1.807, 2.05) is 0 Å². The van der Waals surface area contributed by atoms with Gasteiger partial charge in [-0.15, -0.1) is 4.91 Å². The predicted octanol–water partition coefficient (Wildman–Crippen LogP) is 4.81. The quantitative estimate of drug-likeness (QED) is 0.455. The average molecular weight is 490 g/mol. The number of aliphatic hydroxyl groups is 1. The lowest BCUT2D eigenvalue weighted by atomic mass is 10.1. The van der Waals surface area contributed by atoms with E-state index in [-0.39, 0.29) is 36.5 Å². The molecule has 0 aliphatic heterocycles. The third kappa shape index (κ3) is 8.64. The van der Waals surface area contributed by atoms with Crippen LogP contribution in [0.15, 0.2) is 47.6 Å². The second kappa shape index (κ2) is 12.0. The van der Waals surface area contributed by atoms with Gasteiger partial charge in [0.15, 0.2) is 0 Å². The predicted molar refractivity (Wildman–Crippen MR) is 114 cm³/mol. The number of nitroso groups, excluding NO2 is 1. The summed E-state index contributed by atoms with van der Waals surface area (Å²) in [6.07, 6.45) is -6.95. The van der Waals surface area contributed by atoms with E-state index in [4.69, 9.17) is 25.8 Å². The first-order valence-corrected chi connectivity index (χ1v) is 10.3. The maximum Gasteiger partial charge on any atom is 0.416 e. The molecule has 0 aromatic heterocycles. The fraction of sp³-hybridized carbons (Fsp3) is 0.409. The second-order valence-electron chi connectivity index (χ2n) is 7.37. The van der Waals surface area contributed by atoms with E-state index in [0.717, 1.165) is 18.2 Å². The van der Waals surface area contributed by atoms with E-state index in [1.165, 1.54) is 0 Å². The van der Waals surface area contributed by atoms with Crippen molar-refractivity contribution in [3.05, 3.63) is 63.5 Å². The van der Waals surface area contributed by atoms with Crippen molar-refractivity contribution in [1.82, 2.24) is 0 Å². The Hall–Kier alpha value is -2.69. The monoisotopic (exact) mass is 489 g/mol. The largest absolute Gasteiger partial charge is 0.491 e. The molecule has 2 aromatic carbocycles. The van der Waals surface area contributed by atoms with Gasteiger partial charge in [-0.1, -0.05) is 23.7 Å². The molecular weight excluding hydrogens is 467 g/mol. The Balaban J connectivity index is 1.93. The lowest BCUT2D eigenvalue weighted by Crippen LogP contribution is -2.28. The number of carbonyl (C=O) groups excluding carboxylic acids is 1. The van der Waals surface area contributed by atoms with Crippen molar-refractivity contribution in [2.75, 3.05) is 13.2 Å². The van der Waals surface area contributed by atoms with Gasteiger partial charge in [0.05, 0.1) is 16.7 Å². The van der Waals surface area contributed by atoms with Gasteiger partial charge in [0.25, 0.3) is 0 Å². The Bertz CT molecular complexity index is 954. The van der Waals surface area contributed by atoms with E-state index in [9.17, 15) is 28.0 Å². The summed E-state index contributed by atoms with van der Waals surface area (Å²) in [7, 11) is 0. The standard InChI is InChI=1S/C22H23ClF3NO6/c1-13(2)33-20(21(29)27-30)9-14-4-3-5-17(8-14)31-11-16(28)12-32-19-10-15(22(24,25)26)6-7-18(19)23/h3-8,10,13,16,20,28H,9,11-12H2,1-2H3. The van der Waals surface area contributed by atoms with Crippen LogP contribution in [0.4, 0.5) is 13.2 Å². The second-order valence-corrected chi connectivity index (χ2v) is 7.78. The number of ether oxygens (including phenoxy) is 3. The highest BCUT2D eigenvalue weighted by molar-refractivity contribution is 6.32. The van der Waals surface area contributed by atoms with Gasteiger partial charge < -0.3 is 19.3 Å². The molecule has 0 heterocycles. The molecular formula is C22H23ClF3NO6. The van der Waals surface area contributed by atoms with Gasteiger partial charge in [0.2, 0.25) is 0 Å². The van der Waals surface area contributed by atoms with Crippen molar-refractivity contribution in [2.24, 2.45) is 5.18 Å². The number of hydrogen-bond donors (Lipinski definition) is 1. The van der Waals surface area contributed by atoms with Crippen molar-refractivity contribution in [3.8, 4) is 11.5 Å². The highest BCUT2D eigenvalue weighted by Crippen LogP contribution is 2.35. The topological polar surface area (TPSA) is 94.4 Å². The number of rotatable bonds is 11. The molecule has 2 atom stereocenters. The van der Waals surface area contributed by atoms with Crippen LogP contribution in [0.5, 0.6) is 11.5 Å². The Morgan fingerprint density at radius 1 is 1.12 bits per heavy atom. The Kier molecular flexibility index (Phi) is 9.63. The summed E-state index contributed by atoms with van der Waals surface area (Å²) < 4.78 is 54.6. The summed E-state index contributed by atoms with van der Waals surface area (Å²) in [5.74, 6) is -0.772. The van der Waals surface area contributed by atoms with Crippen molar-refractivity contribution in [3.63, 3.8) is 0 Å². The third-order valence-corrected chi connectivity index (χ3v) is 4.57. The maximum atomic E-state index is 12.8. The fourth-order valence-electron chi connectivity index (χ4n) is 2.77. The number of hydrogen-bond acceptors (Lipinski definition) is 6. The fourth-order valence-corrected chi connectivity index (χ4v) is 2.95. The first-order chi connectivity index (χ1) is 15.5. The highest BCUT2D eigenvalue weighted by atomic mass is 35.5. The van der Waals surface area contributed by atoms with Crippen molar-refractivity contribution in [1.29, 1.82) is 0 Å². The Labute approximate surface area is 193 Å². The molecule has 0 saturated carbocycles. The molecule has 1 amide bonds. The minimum atomic E-state index is -4.55. The average Bonchev–Trinajstić information content (AvgIpc) is 2.75. The lowest BCUT2D eigenvalue weighted by Gasteiger charge is -2.17. The number of halogens is 4. The third-order valence-electron chi connectivity index (χ3n) is 4.25. The molecule has 0 aliphatic rings. The van der Waals surface area contributed by atoms with Crippen LogP contribution in [-0.2, 0) is 22.1 Å². The van der Waals surface area contributed by atoms with Crippen molar-refractivity contribution in [2.45, 2.75) is 44.8 Å². The molecule has 1 N–H and O–H groups in total. The van der Waals surface area contributed by atoms with Gasteiger partial charge in [-0.3, -0.25) is 4.79 Å². The number of nitrogens with zero attached hydrogens (tertiary/aromatic N) is 1. The molecule has 0 spiro atoms. The zero-order valence-electron chi connectivity index (χ0n) is 17.8.